The molecule has 1 atom stereocenters. The van der Waals surface area contributed by atoms with E-state index in [0.717, 1.165) is 5.69 Å². The maximum atomic E-state index is 13.5. The van der Waals surface area contributed by atoms with Crippen LogP contribution in [0.3, 0.4) is 0 Å². The number of carbonyl (C=O) groups excluding carboxylic acids is 1. The van der Waals surface area contributed by atoms with Gasteiger partial charge in [0, 0.05) is 50.5 Å². The second kappa shape index (κ2) is 13.5. The number of hydrogen-bond donors (Lipinski definition) is 2. The lowest BCUT2D eigenvalue weighted by Crippen LogP contribution is -2.12. The maximum Gasteiger partial charge on any atom is 0.353 e. The molecule has 0 radical (unpaired) electrons. The second-order valence-corrected chi connectivity index (χ2v) is 11.9. The molecule has 3 aromatic rings. The lowest BCUT2D eigenvalue weighted by atomic mass is 10.2. The van der Waals surface area contributed by atoms with Gasteiger partial charge in [-0.15, -0.1) is 4.36 Å². The first kappa shape index (κ1) is 30.1. The van der Waals surface area contributed by atoms with E-state index in [1.165, 1.54) is 24.5 Å². The Morgan fingerprint density at radius 3 is 2.62 bits per heavy atom. The number of unbranched alkanes of at least 4 members (excludes halogenated alkanes) is 1. The van der Waals surface area contributed by atoms with Crippen molar-refractivity contribution in [1.82, 2.24) is 9.97 Å². The molecule has 1 unspecified atom stereocenters. The molecule has 2 N–H and O–H groups in total. The van der Waals surface area contributed by atoms with E-state index in [1.54, 1.807) is 18.3 Å². The van der Waals surface area contributed by atoms with Crippen molar-refractivity contribution in [2.24, 2.45) is 4.36 Å². The number of rotatable bonds is 11. The summed E-state index contributed by atoms with van der Waals surface area (Å²) < 4.78 is 23.8. The van der Waals surface area contributed by atoms with Crippen LogP contribution in [0.5, 0.6) is 5.75 Å². The van der Waals surface area contributed by atoms with Crippen LogP contribution in [-0.2, 0) is 9.73 Å². The Morgan fingerprint density at radius 2 is 1.95 bits per heavy atom. The van der Waals surface area contributed by atoms with E-state index in [9.17, 15) is 19.1 Å². The summed E-state index contributed by atoms with van der Waals surface area (Å²) in [6.45, 7) is 0.730. The number of hydrogen-bond acceptors (Lipinski definition) is 9. The first-order valence-electron chi connectivity index (χ1n) is 11.6. The number of anilines is 3. The summed E-state index contributed by atoms with van der Waals surface area (Å²) >= 11 is 9.15. The highest BCUT2D eigenvalue weighted by molar-refractivity contribution is 9.10. The van der Waals surface area contributed by atoms with Crippen molar-refractivity contribution in [1.29, 1.82) is 0 Å². The average Bonchev–Trinajstić information content (AvgIpc) is 2.87. The number of urea groups is 1. The number of benzene rings is 2. The fraction of sp³-hybridized carbons (Fsp3) is 0.292. The largest absolute Gasteiger partial charge is 0.492 e. The van der Waals surface area contributed by atoms with Gasteiger partial charge in [-0.3, -0.25) is 10.1 Å². The third kappa shape index (κ3) is 8.76. The smallest absolute Gasteiger partial charge is 0.353 e. The molecule has 0 saturated heterocycles. The number of nitrogens with zero attached hydrogens (tertiary/aromatic N) is 5. The van der Waals surface area contributed by atoms with E-state index >= 15 is 0 Å². The third-order valence-corrected chi connectivity index (χ3v) is 7.70. The van der Waals surface area contributed by atoms with Crippen molar-refractivity contribution in [2.75, 3.05) is 49.0 Å². The highest BCUT2D eigenvalue weighted by Gasteiger charge is 2.19. The molecule has 1 aromatic heterocycles. The van der Waals surface area contributed by atoms with Crippen LogP contribution in [0.2, 0.25) is 5.28 Å². The van der Waals surface area contributed by atoms with E-state index < -0.39 is 20.7 Å². The van der Waals surface area contributed by atoms with Crippen molar-refractivity contribution >= 4 is 66.2 Å². The van der Waals surface area contributed by atoms with Gasteiger partial charge < -0.3 is 20.3 Å². The summed E-state index contributed by atoms with van der Waals surface area (Å²) in [6.07, 6.45) is 4.06. The van der Waals surface area contributed by atoms with Gasteiger partial charge in [-0.05, 0) is 70.7 Å². The van der Waals surface area contributed by atoms with Gasteiger partial charge in [0.05, 0.1) is 36.7 Å². The number of halogens is 2. The zero-order valence-corrected chi connectivity index (χ0v) is 24.5. The molecule has 0 aliphatic carbocycles. The van der Waals surface area contributed by atoms with Gasteiger partial charge in [0.25, 0.3) is 5.69 Å². The Morgan fingerprint density at radius 1 is 1.23 bits per heavy atom. The number of ether oxygens (including phenoxy) is 1. The fourth-order valence-electron chi connectivity index (χ4n) is 3.32. The Hall–Kier alpha value is -3.49. The number of nitro benzene ring substituents is 1. The Balaban J connectivity index is 1.68. The van der Waals surface area contributed by atoms with E-state index in [2.05, 4.69) is 40.9 Å². The highest BCUT2D eigenvalue weighted by atomic mass is 79.9. The maximum absolute atomic E-state index is 13.5. The van der Waals surface area contributed by atoms with Gasteiger partial charge in [0.15, 0.2) is 0 Å². The Bertz CT molecular complexity index is 1460. The number of nitrogens with one attached hydrogen (secondary N) is 2. The minimum absolute atomic E-state index is 0.0295. The molecule has 2 amide bonds. The van der Waals surface area contributed by atoms with Gasteiger partial charge in [-0.2, -0.15) is 4.98 Å². The van der Waals surface area contributed by atoms with Crippen molar-refractivity contribution < 1.29 is 18.7 Å². The number of non-ortho nitro benzene ring substituents is 1. The van der Waals surface area contributed by atoms with E-state index in [-0.39, 0.29) is 28.2 Å². The van der Waals surface area contributed by atoms with Gasteiger partial charge in [0.2, 0.25) is 5.28 Å². The fourth-order valence-corrected chi connectivity index (χ4v) is 5.05. The van der Waals surface area contributed by atoms with Gasteiger partial charge in [-0.25, -0.2) is 14.0 Å². The van der Waals surface area contributed by atoms with Crippen LogP contribution in [0.4, 0.5) is 27.7 Å². The minimum Gasteiger partial charge on any atom is -0.492 e. The molecule has 0 saturated carbocycles. The zero-order chi connectivity index (χ0) is 28.6. The first-order valence-corrected chi connectivity index (χ1v) is 14.7. The van der Waals surface area contributed by atoms with Gasteiger partial charge in [-0.1, -0.05) is 0 Å². The molecule has 1 heterocycles. The van der Waals surface area contributed by atoms with Crippen LogP contribution in [-0.4, -0.2) is 58.6 Å². The van der Waals surface area contributed by atoms with Crippen LogP contribution >= 0.6 is 27.5 Å². The van der Waals surface area contributed by atoms with Crippen molar-refractivity contribution in [3.05, 3.63) is 68.5 Å². The molecule has 39 heavy (non-hydrogen) atoms. The summed E-state index contributed by atoms with van der Waals surface area (Å²) in [6, 6.07) is 9.91. The van der Waals surface area contributed by atoms with Crippen molar-refractivity contribution in [3.8, 4) is 5.75 Å². The molecule has 208 valence electrons. The standard InChI is InChI=1S/C24H27BrClN7O5S/c1-32(2)17-8-6-16(7-9-17)29-24(34)31-39(3,37)21-11-10-18(33(35)36)14-20(21)38-13-5-4-12-27-22-19(25)15-28-23(26)30-22/h6-11,14-15H,4-5,12-13H2,1-3H3,(H,29,34)(H,27,28,30). The van der Waals surface area contributed by atoms with E-state index in [0.29, 0.717) is 35.4 Å². The topological polar surface area (TPSA) is 152 Å². The van der Waals surface area contributed by atoms with Gasteiger partial charge in [0.1, 0.15) is 11.6 Å². The predicted molar refractivity (Wildman–Crippen MR) is 156 cm³/mol. The molecule has 0 spiro atoms. The molecule has 0 aliphatic heterocycles. The molecule has 0 fully saturated rings. The molecule has 3 rings (SSSR count). The molecular weight excluding hydrogens is 614 g/mol. The Labute approximate surface area is 239 Å². The molecule has 0 aliphatic rings. The molecule has 15 heteroatoms. The normalized spacial score (nSPS) is 12.2. The number of nitro groups is 1. The van der Waals surface area contributed by atoms with E-state index in [4.69, 9.17) is 16.3 Å². The van der Waals surface area contributed by atoms with E-state index in [1.807, 2.05) is 31.1 Å². The summed E-state index contributed by atoms with van der Waals surface area (Å²) in [5.74, 6) is 0.581. The monoisotopic (exact) mass is 639 g/mol. The van der Waals surface area contributed by atoms with Gasteiger partial charge >= 0.3 is 6.03 Å². The van der Waals surface area contributed by atoms with Crippen molar-refractivity contribution in [3.63, 3.8) is 0 Å². The third-order valence-electron chi connectivity index (χ3n) is 5.27. The summed E-state index contributed by atoms with van der Waals surface area (Å²) in [4.78, 5) is 33.2. The average molecular weight is 641 g/mol. The first-order chi connectivity index (χ1) is 18.5. The second-order valence-electron chi connectivity index (χ2n) is 8.47. The summed E-state index contributed by atoms with van der Waals surface area (Å²) in [5.41, 5.74) is 1.19. The molecular formula is C24H27BrClN7O5S. The van der Waals surface area contributed by atoms with Crippen molar-refractivity contribution in [2.45, 2.75) is 17.7 Å². The molecule has 0 bridgehead atoms. The van der Waals surface area contributed by atoms with Crippen LogP contribution in [0.1, 0.15) is 12.8 Å². The number of amides is 2. The lowest BCUT2D eigenvalue weighted by molar-refractivity contribution is -0.385. The van der Waals surface area contributed by atoms with Crippen LogP contribution in [0.25, 0.3) is 0 Å². The summed E-state index contributed by atoms with van der Waals surface area (Å²) in [7, 11) is 0.485. The SMILES string of the molecule is CN(C)c1ccc(NC(=O)N=S(C)(=O)c2ccc([N+](=O)[O-])cc2OCCCCNc2nc(Cl)ncc2Br)cc1. The lowest BCUT2D eigenvalue weighted by Gasteiger charge is -2.14. The number of aromatic nitrogens is 2. The highest BCUT2D eigenvalue weighted by Crippen LogP contribution is 2.30. The quantitative estimate of drug-likeness (QED) is 0.114. The van der Waals surface area contributed by atoms with Crippen LogP contribution in [0, 0.1) is 10.1 Å². The van der Waals surface area contributed by atoms with Crippen LogP contribution < -0.4 is 20.3 Å². The molecule has 12 nitrogen and oxygen atoms in total. The molecule has 2 aromatic carbocycles. The predicted octanol–water partition coefficient (Wildman–Crippen LogP) is 5.83. The zero-order valence-electron chi connectivity index (χ0n) is 21.4. The van der Waals surface area contributed by atoms with Crippen LogP contribution in [0.15, 0.2) is 62.4 Å². The summed E-state index contributed by atoms with van der Waals surface area (Å²) in [5, 5.41) is 17.2. The minimum atomic E-state index is -3.30. The number of carbonyl (C=O) groups is 1. The Kier molecular flexibility index (Phi) is 10.4.